The average Bonchev–Trinajstić information content (AvgIpc) is 2.38. The van der Waals surface area contributed by atoms with Gasteiger partial charge in [0.25, 0.3) is 0 Å². The molecule has 0 saturated carbocycles. The van der Waals surface area contributed by atoms with E-state index in [0.29, 0.717) is 12.6 Å². The fraction of sp³-hybridized carbons (Fsp3) is 0.533. The third-order valence-corrected chi connectivity index (χ3v) is 3.44. The summed E-state index contributed by atoms with van der Waals surface area (Å²) in [6, 6.07) is 8.18. The lowest BCUT2D eigenvalue weighted by atomic mass is 9.91. The fourth-order valence-corrected chi connectivity index (χ4v) is 2.02. The molecule has 4 heteroatoms. The molecule has 0 aliphatic carbocycles. The van der Waals surface area contributed by atoms with Gasteiger partial charge >= 0.3 is 0 Å². The van der Waals surface area contributed by atoms with Crippen LogP contribution in [0.15, 0.2) is 24.3 Å². The lowest BCUT2D eigenvalue weighted by molar-refractivity contribution is -0.128. The maximum absolute atomic E-state index is 11.7. The predicted molar refractivity (Wildman–Crippen MR) is 80.5 cm³/mol. The van der Waals surface area contributed by atoms with Crippen LogP contribution in [0.5, 0.6) is 0 Å². The molecule has 0 aliphatic rings. The smallest absolute Gasteiger partial charge is 0.226 e. The van der Waals surface area contributed by atoms with Crippen LogP contribution in [0.1, 0.15) is 26.3 Å². The molecule has 0 aliphatic heterocycles. The molecule has 1 atom stereocenters. The van der Waals surface area contributed by atoms with Crippen LogP contribution in [0, 0.1) is 5.41 Å². The van der Waals surface area contributed by atoms with E-state index < -0.39 is 5.41 Å². The monoisotopic (exact) mass is 282 g/mol. The molecule has 1 aromatic carbocycles. The van der Waals surface area contributed by atoms with Crippen molar-refractivity contribution in [2.75, 3.05) is 13.6 Å². The van der Waals surface area contributed by atoms with Gasteiger partial charge in [-0.05, 0) is 44.9 Å². The van der Waals surface area contributed by atoms with Crippen LogP contribution in [0.4, 0.5) is 0 Å². The highest BCUT2D eigenvalue weighted by Gasteiger charge is 2.26. The Morgan fingerprint density at radius 2 is 1.89 bits per heavy atom. The number of carbonyl (C=O) groups excluding carboxylic acids is 1. The molecule has 0 aromatic heterocycles. The van der Waals surface area contributed by atoms with E-state index in [-0.39, 0.29) is 5.91 Å². The standard InChI is InChI=1S/C15H23ClN2O/c1-11(9-12-5-7-13(16)8-6-12)18-10-15(2,3)14(19)17-4/h5-8,11,18H,9-10H2,1-4H3,(H,17,19). The molecule has 0 radical (unpaired) electrons. The molecule has 1 unspecified atom stereocenters. The maximum atomic E-state index is 11.7. The van der Waals surface area contributed by atoms with Crippen LogP contribution < -0.4 is 10.6 Å². The van der Waals surface area contributed by atoms with Gasteiger partial charge in [-0.3, -0.25) is 4.79 Å². The van der Waals surface area contributed by atoms with Crippen LogP contribution in [0.2, 0.25) is 5.02 Å². The van der Waals surface area contributed by atoms with E-state index in [4.69, 9.17) is 11.6 Å². The van der Waals surface area contributed by atoms with Gasteiger partial charge in [0.15, 0.2) is 0 Å². The zero-order valence-corrected chi connectivity index (χ0v) is 12.8. The molecule has 0 saturated heterocycles. The van der Waals surface area contributed by atoms with Crippen LogP contribution in [0.25, 0.3) is 0 Å². The number of nitrogens with one attached hydrogen (secondary N) is 2. The Labute approximate surface area is 120 Å². The molecule has 0 bridgehead atoms. The first-order valence-corrected chi connectivity index (χ1v) is 6.93. The summed E-state index contributed by atoms with van der Waals surface area (Å²) in [6.45, 7) is 6.65. The van der Waals surface area contributed by atoms with Gasteiger partial charge in [0.2, 0.25) is 5.91 Å². The van der Waals surface area contributed by atoms with Crippen molar-refractivity contribution in [2.45, 2.75) is 33.2 Å². The maximum Gasteiger partial charge on any atom is 0.226 e. The summed E-state index contributed by atoms with van der Waals surface area (Å²) in [5.74, 6) is 0.0543. The van der Waals surface area contributed by atoms with Crippen molar-refractivity contribution in [3.63, 3.8) is 0 Å². The number of amides is 1. The SMILES string of the molecule is CNC(=O)C(C)(C)CNC(C)Cc1ccc(Cl)cc1. The summed E-state index contributed by atoms with van der Waals surface area (Å²) in [4.78, 5) is 11.7. The second kappa shape index (κ2) is 6.92. The minimum Gasteiger partial charge on any atom is -0.359 e. The Hall–Kier alpha value is -1.06. The van der Waals surface area contributed by atoms with Crippen LogP contribution in [0.3, 0.4) is 0 Å². The molecule has 106 valence electrons. The van der Waals surface area contributed by atoms with Gasteiger partial charge in [0, 0.05) is 24.7 Å². The van der Waals surface area contributed by atoms with Crippen molar-refractivity contribution in [2.24, 2.45) is 5.41 Å². The van der Waals surface area contributed by atoms with Gasteiger partial charge in [0.05, 0.1) is 5.41 Å². The number of benzene rings is 1. The zero-order chi connectivity index (χ0) is 14.5. The zero-order valence-electron chi connectivity index (χ0n) is 12.1. The first-order chi connectivity index (χ1) is 8.85. The molecular weight excluding hydrogens is 260 g/mol. The Morgan fingerprint density at radius 3 is 2.42 bits per heavy atom. The normalized spacial score (nSPS) is 13.1. The number of halogens is 1. The van der Waals surface area contributed by atoms with Crippen molar-refractivity contribution in [1.82, 2.24) is 10.6 Å². The van der Waals surface area contributed by atoms with Crippen LogP contribution >= 0.6 is 11.6 Å². The van der Waals surface area contributed by atoms with E-state index in [9.17, 15) is 4.79 Å². The third-order valence-electron chi connectivity index (χ3n) is 3.19. The molecule has 1 amide bonds. The van der Waals surface area contributed by atoms with E-state index in [1.807, 2.05) is 38.1 Å². The van der Waals surface area contributed by atoms with E-state index in [1.165, 1.54) is 5.56 Å². The highest BCUT2D eigenvalue weighted by molar-refractivity contribution is 6.30. The van der Waals surface area contributed by atoms with E-state index >= 15 is 0 Å². The van der Waals surface area contributed by atoms with Crippen LogP contribution in [-0.2, 0) is 11.2 Å². The molecule has 19 heavy (non-hydrogen) atoms. The Morgan fingerprint density at radius 1 is 1.32 bits per heavy atom. The summed E-state index contributed by atoms with van der Waals surface area (Å²) in [5.41, 5.74) is 0.838. The second-order valence-electron chi connectivity index (χ2n) is 5.58. The minimum atomic E-state index is -0.400. The van der Waals surface area contributed by atoms with Crippen molar-refractivity contribution < 1.29 is 4.79 Å². The summed E-state index contributed by atoms with van der Waals surface area (Å²) in [6.07, 6.45) is 0.918. The molecule has 0 spiro atoms. The van der Waals surface area contributed by atoms with Crippen molar-refractivity contribution >= 4 is 17.5 Å². The summed E-state index contributed by atoms with van der Waals surface area (Å²) in [7, 11) is 1.67. The molecule has 3 nitrogen and oxygen atoms in total. The Kier molecular flexibility index (Phi) is 5.83. The van der Waals surface area contributed by atoms with Crippen molar-refractivity contribution in [3.05, 3.63) is 34.9 Å². The molecule has 0 heterocycles. The van der Waals surface area contributed by atoms with Gasteiger partial charge in [0.1, 0.15) is 0 Å². The van der Waals surface area contributed by atoms with Crippen molar-refractivity contribution in [3.8, 4) is 0 Å². The fourth-order valence-electron chi connectivity index (χ4n) is 1.89. The highest BCUT2D eigenvalue weighted by Crippen LogP contribution is 2.15. The van der Waals surface area contributed by atoms with Crippen molar-refractivity contribution in [1.29, 1.82) is 0 Å². The van der Waals surface area contributed by atoms with Gasteiger partial charge in [-0.2, -0.15) is 0 Å². The van der Waals surface area contributed by atoms with E-state index in [1.54, 1.807) is 7.05 Å². The van der Waals surface area contributed by atoms with E-state index in [0.717, 1.165) is 11.4 Å². The number of carbonyl (C=O) groups is 1. The quantitative estimate of drug-likeness (QED) is 0.842. The van der Waals surface area contributed by atoms with Crippen LogP contribution in [-0.4, -0.2) is 25.5 Å². The molecule has 1 aromatic rings. The topological polar surface area (TPSA) is 41.1 Å². The second-order valence-corrected chi connectivity index (χ2v) is 6.01. The van der Waals surface area contributed by atoms with E-state index in [2.05, 4.69) is 17.6 Å². The lowest BCUT2D eigenvalue weighted by Gasteiger charge is -2.25. The number of hydrogen-bond donors (Lipinski definition) is 2. The third kappa shape index (κ3) is 5.21. The molecule has 2 N–H and O–H groups in total. The predicted octanol–water partition coefficient (Wildman–Crippen LogP) is 2.63. The first kappa shape index (κ1) is 16.0. The van der Waals surface area contributed by atoms with Gasteiger partial charge in [-0.1, -0.05) is 23.7 Å². The largest absolute Gasteiger partial charge is 0.359 e. The summed E-state index contributed by atoms with van der Waals surface area (Å²) >= 11 is 5.86. The summed E-state index contributed by atoms with van der Waals surface area (Å²) < 4.78 is 0. The van der Waals surface area contributed by atoms with Gasteiger partial charge < -0.3 is 10.6 Å². The molecule has 1 rings (SSSR count). The number of rotatable bonds is 6. The average molecular weight is 283 g/mol. The Balaban J connectivity index is 2.45. The first-order valence-electron chi connectivity index (χ1n) is 6.55. The van der Waals surface area contributed by atoms with Gasteiger partial charge in [-0.15, -0.1) is 0 Å². The molecule has 0 fully saturated rings. The van der Waals surface area contributed by atoms with Gasteiger partial charge in [-0.25, -0.2) is 0 Å². The lowest BCUT2D eigenvalue weighted by Crippen LogP contribution is -2.44. The highest BCUT2D eigenvalue weighted by atomic mass is 35.5. The number of hydrogen-bond acceptors (Lipinski definition) is 2. The Bertz CT molecular complexity index is 415. The molecular formula is C15H23ClN2O. The summed E-state index contributed by atoms with van der Waals surface area (Å²) in [5, 5.41) is 6.85. The minimum absolute atomic E-state index is 0.0543.